The van der Waals surface area contributed by atoms with Crippen LogP contribution in [0.2, 0.25) is 0 Å². The van der Waals surface area contributed by atoms with Crippen molar-refractivity contribution in [3.8, 4) is 0 Å². The molecule has 9 heteroatoms. The Hall–Kier alpha value is 0.1000. The predicted molar refractivity (Wildman–Crippen MR) is 40.9 cm³/mol. The van der Waals surface area contributed by atoms with E-state index in [-0.39, 0.29) is 12.5 Å². The number of nitrogens with zero attached hydrogens (tertiary/aromatic N) is 1. The molecule has 72 valence electrons. The molecule has 0 aromatic rings. The fourth-order valence-corrected chi connectivity index (χ4v) is 1.04. The molecule has 1 atom stereocenters. The highest BCUT2D eigenvalue weighted by Crippen LogP contribution is 2.50. The quantitative estimate of drug-likeness (QED) is 0.322. The molecule has 0 rings (SSSR count). The summed E-state index contributed by atoms with van der Waals surface area (Å²) in [6.07, 6.45) is 0. The van der Waals surface area contributed by atoms with Crippen molar-refractivity contribution in [2.24, 2.45) is 5.16 Å². The maximum Gasteiger partial charge on any atom is 0.590 e. The minimum absolute atomic E-state index is 0.0790. The predicted octanol–water partition coefficient (Wildman–Crippen LogP) is 2.82. The van der Waals surface area contributed by atoms with Crippen molar-refractivity contribution < 1.29 is 22.3 Å². The second-order valence-electron chi connectivity index (χ2n) is 1.37. The summed E-state index contributed by atoms with van der Waals surface area (Å²) in [7, 11) is -4.86. The van der Waals surface area contributed by atoms with E-state index in [9.17, 15) is 13.2 Å². The van der Waals surface area contributed by atoms with Crippen molar-refractivity contribution in [2.75, 3.05) is 12.5 Å². The van der Waals surface area contributed by atoms with Gasteiger partial charge >= 0.3 is 13.3 Å². The van der Waals surface area contributed by atoms with Crippen LogP contribution in [0.15, 0.2) is 5.16 Å². The molecule has 0 bridgehead atoms. The molecule has 0 aliphatic rings. The van der Waals surface area contributed by atoms with E-state index >= 15 is 0 Å². The molecule has 0 spiro atoms. The first-order chi connectivity index (χ1) is 5.48. The SMILES string of the molecule is O=P(F)(OCCCl)O/N=C(\F)Cl. The molecule has 0 radical (unpaired) electrons. The van der Waals surface area contributed by atoms with E-state index in [4.69, 9.17) is 11.6 Å². The van der Waals surface area contributed by atoms with Crippen LogP contribution < -0.4 is 0 Å². The molecule has 0 N–H and O–H groups in total. The molecule has 1 unspecified atom stereocenters. The van der Waals surface area contributed by atoms with Gasteiger partial charge in [0.05, 0.1) is 6.61 Å². The van der Waals surface area contributed by atoms with Crippen LogP contribution >= 0.6 is 31.1 Å². The van der Waals surface area contributed by atoms with Crippen molar-refractivity contribution in [1.82, 2.24) is 0 Å². The van der Waals surface area contributed by atoms with Gasteiger partial charge in [-0.1, -0.05) is 0 Å². The van der Waals surface area contributed by atoms with Gasteiger partial charge in [0.15, 0.2) is 0 Å². The van der Waals surface area contributed by atoms with E-state index in [0.717, 1.165) is 0 Å². The van der Waals surface area contributed by atoms with Crippen LogP contribution in [0, 0.1) is 0 Å². The van der Waals surface area contributed by atoms with Gasteiger partial charge in [0.1, 0.15) is 0 Å². The number of oxime groups is 1. The van der Waals surface area contributed by atoms with Crippen molar-refractivity contribution in [3.05, 3.63) is 0 Å². The van der Waals surface area contributed by atoms with Gasteiger partial charge in [-0.25, -0.2) is 4.57 Å². The Bertz CT molecular complexity index is 210. The number of halogens is 4. The Morgan fingerprint density at radius 3 is 2.67 bits per heavy atom. The van der Waals surface area contributed by atoms with Gasteiger partial charge < -0.3 is 0 Å². The number of rotatable bonds is 5. The molecule has 0 amide bonds. The third kappa shape index (κ3) is 6.79. The molecular weight excluding hydrogens is 238 g/mol. The maximum atomic E-state index is 12.4. The highest BCUT2D eigenvalue weighted by Gasteiger charge is 2.25. The molecule has 0 aromatic heterocycles. The number of hydrogen-bond acceptors (Lipinski definition) is 4. The van der Waals surface area contributed by atoms with Crippen LogP contribution in [0.4, 0.5) is 8.59 Å². The summed E-state index contributed by atoms with van der Waals surface area (Å²) in [6, 6.07) is 0. The van der Waals surface area contributed by atoms with E-state index in [2.05, 4.69) is 25.9 Å². The Morgan fingerprint density at radius 2 is 2.25 bits per heavy atom. The van der Waals surface area contributed by atoms with Gasteiger partial charge in [-0.3, -0.25) is 9.15 Å². The third-order valence-electron chi connectivity index (χ3n) is 0.530. The molecule has 12 heavy (non-hydrogen) atoms. The summed E-state index contributed by atoms with van der Waals surface area (Å²) in [5.41, 5.74) is -1.58. The van der Waals surface area contributed by atoms with Crippen LogP contribution in [0.1, 0.15) is 0 Å². The fraction of sp³-hybridized carbons (Fsp3) is 0.667. The lowest BCUT2D eigenvalue weighted by Crippen LogP contribution is -1.92. The average molecular weight is 242 g/mol. The van der Waals surface area contributed by atoms with E-state index < -0.39 is 13.3 Å². The Labute approximate surface area is 77.1 Å². The molecule has 0 fully saturated rings. The van der Waals surface area contributed by atoms with Crippen molar-refractivity contribution in [2.45, 2.75) is 0 Å². The van der Waals surface area contributed by atoms with Crippen LogP contribution in [-0.4, -0.2) is 17.9 Å². The minimum Gasteiger partial charge on any atom is -0.285 e. The average Bonchev–Trinajstić information content (AvgIpc) is 1.98. The van der Waals surface area contributed by atoms with E-state index in [1.165, 1.54) is 0 Å². The van der Waals surface area contributed by atoms with Crippen LogP contribution in [0.5, 0.6) is 0 Å². The summed E-state index contributed by atoms with van der Waals surface area (Å²) >= 11 is 9.57. The van der Waals surface area contributed by atoms with Gasteiger partial charge in [0.25, 0.3) is 0 Å². The van der Waals surface area contributed by atoms with Crippen LogP contribution in [0.3, 0.4) is 0 Å². The number of alkyl halides is 1. The van der Waals surface area contributed by atoms with Gasteiger partial charge in [0.2, 0.25) is 0 Å². The normalized spacial score (nSPS) is 17.2. The summed E-state index contributed by atoms with van der Waals surface area (Å²) in [6.45, 7) is -0.339. The smallest absolute Gasteiger partial charge is 0.285 e. The maximum absolute atomic E-state index is 12.4. The Morgan fingerprint density at radius 1 is 1.67 bits per heavy atom. The lowest BCUT2D eigenvalue weighted by molar-refractivity contribution is 0.186. The van der Waals surface area contributed by atoms with Crippen molar-refractivity contribution in [3.63, 3.8) is 0 Å². The first kappa shape index (κ1) is 12.1. The Balaban J connectivity index is 3.88. The summed E-state index contributed by atoms with van der Waals surface area (Å²) in [5, 5.41) is 2.26. The van der Waals surface area contributed by atoms with Gasteiger partial charge in [0, 0.05) is 5.88 Å². The molecular formula is C3H4Cl2F2NO3P. The summed E-state index contributed by atoms with van der Waals surface area (Å²) in [5.74, 6) is -0.0790. The van der Waals surface area contributed by atoms with Gasteiger partial charge in [-0.2, -0.15) is 4.39 Å². The van der Waals surface area contributed by atoms with Crippen LogP contribution in [0.25, 0.3) is 0 Å². The second kappa shape index (κ2) is 5.70. The zero-order chi connectivity index (χ0) is 9.61. The van der Waals surface area contributed by atoms with E-state index in [0.29, 0.717) is 0 Å². The fourth-order valence-electron chi connectivity index (χ4n) is 0.247. The van der Waals surface area contributed by atoms with Crippen molar-refractivity contribution >= 4 is 36.5 Å². The molecule has 4 nitrogen and oxygen atoms in total. The molecule has 0 aliphatic heterocycles. The standard InChI is InChI=1S/C3H4Cl2F2NO3P/c4-1-2-10-12(7,9)11-8-3(5)6/h1-2H2/b8-3-. The van der Waals surface area contributed by atoms with E-state index in [1.54, 1.807) is 0 Å². The molecule has 0 heterocycles. The zero-order valence-corrected chi connectivity index (χ0v) is 7.95. The molecule has 0 aromatic carbocycles. The lowest BCUT2D eigenvalue weighted by Gasteiger charge is -2.03. The highest BCUT2D eigenvalue weighted by molar-refractivity contribution is 7.48. The second-order valence-corrected chi connectivity index (χ2v) is 3.34. The lowest BCUT2D eigenvalue weighted by atomic mass is 10.9. The third-order valence-corrected chi connectivity index (χ3v) is 1.52. The Kier molecular flexibility index (Phi) is 5.74. The summed E-state index contributed by atoms with van der Waals surface area (Å²) in [4.78, 5) is 0. The van der Waals surface area contributed by atoms with E-state index in [1.807, 2.05) is 0 Å². The first-order valence-electron chi connectivity index (χ1n) is 2.56. The molecule has 0 saturated carbocycles. The van der Waals surface area contributed by atoms with Gasteiger partial charge in [-0.15, -0.1) is 15.8 Å². The topological polar surface area (TPSA) is 47.9 Å². The highest BCUT2D eigenvalue weighted by atomic mass is 35.5. The minimum atomic E-state index is -4.86. The molecule has 0 saturated heterocycles. The van der Waals surface area contributed by atoms with Gasteiger partial charge in [-0.05, 0) is 16.8 Å². The van der Waals surface area contributed by atoms with Crippen LogP contribution in [-0.2, 0) is 13.7 Å². The van der Waals surface area contributed by atoms with Crippen molar-refractivity contribution in [1.29, 1.82) is 0 Å². The zero-order valence-electron chi connectivity index (χ0n) is 5.55. The number of hydrogen-bond donors (Lipinski definition) is 0. The monoisotopic (exact) mass is 241 g/mol. The largest absolute Gasteiger partial charge is 0.590 e. The molecule has 0 aliphatic carbocycles. The first-order valence-corrected chi connectivity index (χ1v) is 4.90. The summed E-state index contributed by atoms with van der Waals surface area (Å²) < 4.78 is 41.7.